The molecule has 2 bridgehead atoms. The van der Waals surface area contributed by atoms with Gasteiger partial charge in [-0.3, -0.25) is 0 Å². The van der Waals surface area contributed by atoms with Gasteiger partial charge in [-0.25, -0.2) is 0 Å². The van der Waals surface area contributed by atoms with Gasteiger partial charge in [0, 0.05) is 0 Å². The number of alkyl halides is 1. The third-order valence-electron chi connectivity index (χ3n) is 4.83. The van der Waals surface area contributed by atoms with Gasteiger partial charge in [-0.05, 0) is 14.1 Å². The van der Waals surface area contributed by atoms with E-state index in [4.69, 9.17) is 0 Å². The van der Waals surface area contributed by atoms with Crippen LogP contribution in [-0.4, -0.2) is 71.4 Å². The zero-order valence-corrected chi connectivity index (χ0v) is 17.7. The molecule has 24 heavy (non-hydrogen) atoms. The van der Waals surface area contributed by atoms with E-state index in [-0.39, 0.29) is 27.1 Å². The molecule has 3 heterocycles. The van der Waals surface area contributed by atoms with Crippen molar-refractivity contribution in [2.24, 2.45) is 0 Å². The summed E-state index contributed by atoms with van der Waals surface area (Å²) < 4.78 is 1.58. The third kappa shape index (κ3) is 4.39. The van der Waals surface area contributed by atoms with Crippen molar-refractivity contribution < 1.29 is 26.0 Å². The summed E-state index contributed by atoms with van der Waals surface area (Å²) in [6.45, 7) is 3.67. The van der Waals surface area contributed by atoms with Gasteiger partial charge in [0.2, 0.25) is 0 Å². The van der Waals surface area contributed by atoms with E-state index in [1.807, 2.05) is 31.5 Å². The van der Waals surface area contributed by atoms with Crippen LogP contribution in [0.15, 0.2) is 24.3 Å². The molecule has 0 saturated carbocycles. The van der Waals surface area contributed by atoms with Crippen molar-refractivity contribution in [2.75, 3.05) is 38.7 Å². The Labute approximate surface area is 159 Å². The Balaban J connectivity index is 1.57. The van der Waals surface area contributed by atoms with Crippen LogP contribution < -0.4 is 21.2 Å². The second-order valence-corrected chi connectivity index (χ2v) is 11.0. The predicted molar refractivity (Wildman–Crippen MR) is 95.6 cm³/mol. The van der Waals surface area contributed by atoms with E-state index in [1.165, 1.54) is 17.7 Å². The summed E-state index contributed by atoms with van der Waals surface area (Å²) in [6.07, 6.45) is 6.19. The van der Waals surface area contributed by atoms with E-state index in [0.29, 0.717) is 12.1 Å². The molecule has 0 aliphatic carbocycles. The van der Waals surface area contributed by atoms with Gasteiger partial charge >= 0.3 is 141 Å². The zero-order chi connectivity index (χ0) is 17.1. The van der Waals surface area contributed by atoms with E-state index in [2.05, 4.69) is 31.8 Å². The van der Waals surface area contributed by atoms with Gasteiger partial charge in [0.1, 0.15) is 0 Å². The summed E-state index contributed by atoms with van der Waals surface area (Å²) in [5.41, 5.74) is 0. The standard InChI is InChI=1S/C18H27IN3OS/c1-19-17-9-8-16(24-17)13-22-14-6-7-15(22)12-21(11-14)18(23)5-4-10-20(2)3/h4-5,8-9,14-15H,6-7,10-13H2,1-3H3/q-1/b5-4+. The van der Waals surface area contributed by atoms with Crippen molar-refractivity contribution >= 4 is 17.2 Å². The molecule has 6 heteroatoms. The molecule has 1 aromatic rings. The quantitative estimate of drug-likeness (QED) is 0.308. The molecule has 2 fully saturated rings. The first-order valence-electron chi connectivity index (χ1n) is 8.51. The number of carbonyl (C=O) groups is 1. The third-order valence-corrected chi connectivity index (χ3v) is 8.81. The van der Waals surface area contributed by atoms with Crippen LogP contribution in [0, 0.1) is 2.88 Å². The number of likely N-dealkylation sites (N-methyl/N-ethyl adjacent to an activating group) is 1. The Morgan fingerprint density at radius 2 is 2.04 bits per heavy atom. The molecule has 0 N–H and O–H groups in total. The topological polar surface area (TPSA) is 26.8 Å². The van der Waals surface area contributed by atoms with Gasteiger partial charge in [-0.1, -0.05) is 0 Å². The normalized spacial score (nSPS) is 24.6. The minimum atomic E-state index is 0.183. The first-order valence-corrected chi connectivity index (χ1v) is 12.6. The van der Waals surface area contributed by atoms with E-state index in [1.54, 1.807) is 8.96 Å². The summed E-state index contributed by atoms with van der Waals surface area (Å²) in [5.74, 6) is 0.183. The molecule has 0 spiro atoms. The molecule has 1 amide bonds. The average Bonchev–Trinajstić information content (AvgIpc) is 3.08. The number of nitrogens with zero attached hydrogens (tertiary/aromatic N) is 3. The van der Waals surface area contributed by atoms with Crippen molar-refractivity contribution in [3.63, 3.8) is 0 Å². The molecule has 2 atom stereocenters. The van der Waals surface area contributed by atoms with Crippen molar-refractivity contribution in [3.05, 3.63) is 32.0 Å². The number of hydrogen-bond acceptors (Lipinski definition) is 4. The van der Waals surface area contributed by atoms with Gasteiger partial charge in [0.15, 0.2) is 0 Å². The molecule has 0 aromatic carbocycles. The fourth-order valence-electron chi connectivity index (χ4n) is 3.62. The molecular weight excluding hydrogens is 433 g/mol. The monoisotopic (exact) mass is 460 g/mol. The van der Waals surface area contributed by atoms with Crippen LogP contribution in [0.1, 0.15) is 17.7 Å². The summed E-state index contributed by atoms with van der Waals surface area (Å²) in [7, 11) is 4.04. The van der Waals surface area contributed by atoms with Gasteiger partial charge in [0.05, 0.1) is 0 Å². The van der Waals surface area contributed by atoms with E-state index < -0.39 is 0 Å². The number of amides is 1. The number of thiophene rings is 1. The molecule has 0 radical (unpaired) electrons. The Bertz CT molecular complexity index is 587. The number of hydrogen-bond donors (Lipinski definition) is 0. The van der Waals surface area contributed by atoms with Crippen molar-refractivity contribution in [3.8, 4) is 0 Å². The maximum atomic E-state index is 12.4. The molecule has 2 aliphatic rings. The van der Waals surface area contributed by atoms with Crippen LogP contribution in [0.3, 0.4) is 0 Å². The van der Waals surface area contributed by atoms with Gasteiger partial charge in [-0.2, -0.15) is 0 Å². The first kappa shape index (κ1) is 18.4. The predicted octanol–water partition coefficient (Wildman–Crippen LogP) is -1.07. The van der Waals surface area contributed by atoms with Crippen LogP contribution in [0.25, 0.3) is 0 Å². The molecule has 4 nitrogen and oxygen atoms in total. The van der Waals surface area contributed by atoms with Crippen molar-refractivity contribution in [2.45, 2.75) is 31.5 Å². The SMILES string of the molecule is C[I-]c1ccc(CN2C3CCC2CN(C(=O)/C=C/CN(C)C)C3)s1. The Hall–Kier alpha value is -0.440. The van der Waals surface area contributed by atoms with Crippen LogP contribution in [0.5, 0.6) is 0 Å². The molecule has 2 aliphatic heterocycles. The molecule has 1 aromatic heterocycles. The summed E-state index contributed by atoms with van der Waals surface area (Å²) in [6, 6.07) is 5.70. The fraction of sp³-hybridized carbons (Fsp3) is 0.611. The Morgan fingerprint density at radius 1 is 1.33 bits per heavy atom. The summed E-state index contributed by atoms with van der Waals surface area (Å²) >= 11 is 2.20. The Kier molecular flexibility index (Phi) is 6.34. The number of halogens is 1. The number of piperazine rings is 1. The van der Waals surface area contributed by atoms with E-state index >= 15 is 0 Å². The summed E-state index contributed by atoms with van der Waals surface area (Å²) in [5, 5.41) is 0. The molecule has 134 valence electrons. The fourth-order valence-corrected chi connectivity index (χ4v) is 6.48. The number of rotatable bonds is 6. The van der Waals surface area contributed by atoms with Gasteiger partial charge in [0.25, 0.3) is 0 Å². The second-order valence-electron chi connectivity index (χ2n) is 6.86. The van der Waals surface area contributed by atoms with Crippen LogP contribution in [0.4, 0.5) is 0 Å². The molecular formula is C18H27IN3OS-. The molecule has 2 unspecified atom stereocenters. The molecule has 3 rings (SSSR count). The maximum absolute atomic E-state index is 12.4. The van der Waals surface area contributed by atoms with Crippen LogP contribution >= 0.6 is 11.3 Å². The first-order chi connectivity index (χ1) is 11.6. The Morgan fingerprint density at radius 3 is 2.62 bits per heavy atom. The summed E-state index contributed by atoms with van der Waals surface area (Å²) in [4.78, 5) is 23.0. The van der Waals surface area contributed by atoms with Gasteiger partial charge in [-0.15, -0.1) is 0 Å². The zero-order valence-electron chi connectivity index (χ0n) is 14.7. The second kappa shape index (κ2) is 8.29. The van der Waals surface area contributed by atoms with Crippen molar-refractivity contribution in [1.82, 2.24) is 14.7 Å². The van der Waals surface area contributed by atoms with Crippen LogP contribution in [0.2, 0.25) is 0 Å². The van der Waals surface area contributed by atoms with Gasteiger partial charge < -0.3 is 4.90 Å². The average molecular weight is 460 g/mol. The number of carbonyl (C=O) groups excluding carboxylic acids is 1. The van der Waals surface area contributed by atoms with Crippen molar-refractivity contribution in [1.29, 1.82) is 0 Å². The number of likely N-dealkylation sites (tertiary alicyclic amines) is 1. The van der Waals surface area contributed by atoms with E-state index in [9.17, 15) is 4.79 Å². The molecule has 2 saturated heterocycles. The van der Waals surface area contributed by atoms with E-state index in [0.717, 1.165) is 26.2 Å². The minimum absolute atomic E-state index is 0.183. The van der Waals surface area contributed by atoms with Crippen LogP contribution in [-0.2, 0) is 11.3 Å². The number of fused-ring (bicyclic) bond motifs is 2.